The van der Waals surface area contributed by atoms with Gasteiger partial charge < -0.3 is 4.42 Å². The zero-order chi connectivity index (χ0) is 22.6. The maximum atomic E-state index is 14.0. The fourth-order valence-corrected chi connectivity index (χ4v) is 6.40. The SMILES string of the molecule is Cn1c(=O)oc2cc(S(=O)(=O)N3CCN(S(=O)(=O)c4c(F)cccc4F)CC3)ccc21. The van der Waals surface area contributed by atoms with Crippen molar-refractivity contribution in [2.45, 2.75) is 9.79 Å². The topological polar surface area (TPSA) is 110 Å². The number of nitrogens with zero attached hydrogens (tertiary/aromatic N) is 3. The molecule has 3 aromatic rings. The van der Waals surface area contributed by atoms with Crippen LogP contribution in [0.1, 0.15) is 0 Å². The number of piperazine rings is 1. The van der Waals surface area contributed by atoms with Gasteiger partial charge in [0.25, 0.3) is 0 Å². The summed E-state index contributed by atoms with van der Waals surface area (Å²) in [6.45, 7) is -0.987. The van der Waals surface area contributed by atoms with E-state index in [9.17, 15) is 30.4 Å². The Morgan fingerprint density at radius 3 is 2.00 bits per heavy atom. The first-order valence-electron chi connectivity index (χ1n) is 9.07. The van der Waals surface area contributed by atoms with Gasteiger partial charge in [0.15, 0.2) is 10.5 Å². The van der Waals surface area contributed by atoms with E-state index >= 15 is 0 Å². The number of aromatic nitrogens is 1. The number of hydrogen-bond donors (Lipinski definition) is 0. The summed E-state index contributed by atoms with van der Waals surface area (Å²) >= 11 is 0. The van der Waals surface area contributed by atoms with Crippen molar-refractivity contribution in [1.29, 1.82) is 0 Å². The predicted octanol–water partition coefficient (Wildman–Crippen LogP) is 1.10. The molecule has 0 atom stereocenters. The van der Waals surface area contributed by atoms with Crippen LogP contribution in [0.2, 0.25) is 0 Å². The summed E-state index contributed by atoms with van der Waals surface area (Å²) in [6.07, 6.45) is 0. The number of hydrogen-bond acceptors (Lipinski definition) is 6. The first-order valence-corrected chi connectivity index (χ1v) is 12.0. The Hall–Kier alpha value is -2.61. The van der Waals surface area contributed by atoms with Crippen LogP contribution in [0.15, 0.2) is 55.4 Å². The van der Waals surface area contributed by atoms with E-state index in [1.54, 1.807) is 0 Å². The molecule has 166 valence electrons. The van der Waals surface area contributed by atoms with E-state index in [2.05, 4.69) is 0 Å². The van der Waals surface area contributed by atoms with Gasteiger partial charge in [-0.1, -0.05) is 6.07 Å². The largest absolute Gasteiger partial charge is 0.419 e. The maximum Gasteiger partial charge on any atom is 0.419 e. The molecule has 1 saturated heterocycles. The second-order valence-electron chi connectivity index (χ2n) is 6.92. The Morgan fingerprint density at radius 2 is 1.42 bits per heavy atom. The molecule has 9 nitrogen and oxygen atoms in total. The average Bonchev–Trinajstić information content (AvgIpc) is 3.01. The Morgan fingerprint density at radius 1 is 0.871 bits per heavy atom. The summed E-state index contributed by atoms with van der Waals surface area (Å²) in [5, 5.41) is 0. The number of fused-ring (bicyclic) bond motifs is 1. The van der Waals surface area contributed by atoms with Crippen LogP contribution in [0, 0.1) is 11.6 Å². The lowest BCUT2D eigenvalue weighted by Gasteiger charge is -2.33. The number of halogens is 2. The second-order valence-corrected chi connectivity index (χ2v) is 10.7. The number of oxazole rings is 1. The zero-order valence-electron chi connectivity index (χ0n) is 16.2. The number of sulfonamides is 2. The van der Waals surface area contributed by atoms with Crippen molar-refractivity contribution in [1.82, 2.24) is 13.2 Å². The van der Waals surface area contributed by atoms with Gasteiger partial charge in [0.2, 0.25) is 20.0 Å². The summed E-state index contributed by atoms with van der Waals surface area (Å²) in [7, 11) is -7.01. The third kappa shape index (κ3) is 3.56. The highest BCUT2D eigenvalue weighted by Gasteiger charge is 2.36. The fraction of sp³-hybridized carbons (Fsp3) is 0.278. The molecular formula is C18H17F2N3O6S2. The lowest BCUT2D eigenvalue weighted by molar-refractivity contribution is 0.271. The number of benzene rings is 2. The van der Waals surface area contributed by atoms with Crippen molar-refractivity contribution in [2.24, 2.45) is 7.05 Å². The van der Waals surface area contributed by atoms with Crippen LogP contribution in [0.3, 0.4) is 0 Å². The Labute approximate surface area is 176 Å². The molecule has 1 aromatic heterocycles. The molecule has 1 aliphatic heterocycles. The molecule has 2 aromatic carbocycles. The van der Waals surface area contributed by atoms with E-state index in [4.69, 9.17) is 4.42 Å². The van der Waals surface area contributed by atoms with Crippen molar-refractivity contribution in [3.8, 4) is 0 Å². The normalized spacial score (nSPS) is 16.7. The molecule has 0 bridgehead atoms. The summed E-state index contributed by atoms with van der Waals surface area (Å²) in [5.74, 6) is -3.07. The van der Waals surface area contributed by atoms with Crippen LogP contribution >= 0.6 is 0 Å². The fourth-order valence-electron chi connectivity index (χ4n) is 3.43. The zero-order valence-corrected chi connectivity index (χ0v) is 17.8. The third-order valence-corrected chi connectivity index (χ3v) is 8.96. The summed E-state index contributed by atoms with van der Waals surface area (Å²) in [6, 6.07) is 6.73. The third-order valence-electron chi connectivity index (χ3n) is 5.12. The molecule has 0 radical (unpaired) electrons. The van der Waals surface area contributed by atoms with Crippen molar-refractivity contribution in [3.05, 3.63) is 58.6 Å². The number of aryl methyl sites for hydroxylation is 1. The minimum Gasteiger partial charge on any atom is -0.408 e. The molecule has 0 spiro atoms. The van der Waals surface area contributed by atoms with Gasteiger partial charge in [-0.05, 0) is 24.3 Å². The Bertz CT molecular complexity index is 1420. The lowest BCUT2D eigenvalue weighted by atomic mass is 10.3. The lowest BCUT2D eigenvalue weighted by Crippen LogP contribution is -2.50. The molecule has 13 heteroatoms. The molecule has 1 fully saturated rings. The molecule has 0 amide bonds. The minimum atomic E-state index is -4.48. The van der Waals surface area contributed by atoms with Crippen molar-refractivity contribution < 1.29 is 30.0 Å². The molecular weight excluding hydrogens is 456 g/mol. The standard InChI is InChI=1S/C18H17F2N3O6S2/c1-21-15-6-5-12(11-16(15)29-18(21)24)30(25,26)22-7-9-23(10-8-22)31(27,28)17-13(19)3-2-4-14(17)20/h2-6,11H,7-10H2,1H3. The summed E-state index contributed by atoms with van der Waals surface area (Å²) in [5.41, 5.74) is 0.525. The van der Waals surface area contributed by atoms with Crippen LogP contribution in [0.5, 0.6) is 0 Å². The summed E-state index contributed by atoms with van der Waals surface area (Å²) in [4.78, 5) is 10.4. The molecule has 1 aliphatic rings. The van der Waals surface area contributed by atoms with Crippen LogP contribution in [0.4, 0.5) is 8.78 Å². The molecule has 31 heavy (non-hydrogen) atoms. The van der Waals surface area contributed by atoms with Crippen LogP contribution < -0.4 is 5.76 Å². The molecule has 0 saturated carbocycles. The highest BCUT2D eigenvalue weighted by atomic mass is 32.2. The van der Waals surface area contributed by atoms with E-state index in [0.717, 1.165) is 26.8 Å². The van der Waals surface area contributed by atoms with Gasteiger partial charge in [-0.25, -0.2) is 30.4 Å². The van der Waals surface area contributed by atoms with E-state index in [-0.39, 0.29) is 36.7 Å². The van der Waals surface area contributed by atoms with E-state index < -0.39 is 42.3 Å². The highest BCUT2D eigenvalue weighted by Crippen LogP contribution is 2.26. The van der Waals surface area contributed by atoms with Gasteiger partial charge in [0.1, 0.15) is 11.6 Å². The highest BCUT2D eigenvalue weighted by molar-refractivity contribution is 7.89. The molecule has 2 heterocycles. The van der Waals surface area contributed by atoms with E-state index in [1.807, 2.05) is 0 Å². The van der Waals surface area contributed by atoms with Gasteiger partial charge in [0, 0.05) is 39.3 Å². The minimum absolute atomic E-state index is 0.102. The average molecular weight is 473 g/mol. The van der Waals surface area contributed by atoms with Gasteiger partial charge >= 0.3 is 5.76 Å². The van der Waals surface area contributed by atoms with Crippen molar-refractivity contribution in [2.75, 3.05) is 26.2 Å². The molecule has 0 N–H and O–H groups in total. The van der Waals surface area contributed by atoms with Gasteiger partial charge in [-0.2, -0.15) is 8.61 Å². The van der Waals surface area contributed by atoms with Crippen LogP contribution in [-0.2, 0) is 27.1 Å². The quantitative estimate of drug-likeness (QED) is 0.562. The van der Waals surface area contributed by atoms with Crippen molar-refractivity contribution >= 4 is 31.1 Å². The van der Waals surface area contributed by atoms with Crippen LogP contribution in [0.25, 0.3) is 11.1 Å². The summed E-state index contributed by atoms with van der Waals surface area (Å²) < 4.78 is 87.4. The van der Waals surface area contributed by atoms with E-state index in [1.165, 1.54) is 29.8 Å². The Kier molecular flexibility index (Phi) is 5.24. The second kappa shape index (κ2) is 7.51. The van der Waals surface area contributed by atoms with Crippen LogP contribution in [-0.4, -0.2) is 56.2 Å². The van der Waals surface area contributed by atoms with Gasteiger partial charge in [-0.15, -0.1) is 0 Å². The molecule has 0 aliphatic carbocycles. The monoisotopic (exact) mass is 473 g/mol. The predicted molar refractivity (Wildman–Crippen MR) is 105 cm³/mol. The maximum absolute atomic E-state index is 14.0. The van der Waals surface area contributed by atoms with Crippen molar-refractivity contribution in [3.63, 3.8) is 0 Å². The first-order chi connectivity index (χ1) is 14.5. The first kappa shape index (κ1) is 21.6. The van der Waals surface area contributed by atoms with Gasteiger partial charge in [-0.3, -0.25) is 4.57 Å². The Balaban J connectivity index is 1.57. The van der Waals surface area contributed by atoms with Gasteiger partial charge in [0.05, 0.1) is 10.4 Å². The molecule has 0 unspecified atom stereocenters. The smallest absolute Gasteiger partial charge is 0.408 e. The number of rotatable bonds is 4. The molecule has 4 rings (SSSR count). The van der Waals surface area contributed by atoms with E-state index in [0.29, 0.717) is 5.52 Å².